The Labute approximate surface area is 124 Å². The Morgan fingerprint density at radius 3 is 1.70 bits per heavy atom. The van der Waals surface area contributed by atoms with Crippen LogP contribution in [-0.2, 0) is 0 Å². The van der Waals surface area contributed by atoms with Gasteiger partial charge in [-0.25, -0.2) is 4.58 Å². The van der Waals surface area contributed by atoms with Crippen molar-refractivity contribution in [3.05, 3.63) is 58.4 Å². The first kappa shape index (κ1) is 16.9. The molecule has 0 unspecified atom stereocenters. The summed E-state index contributed by atoms with van der Waals surface area (Å²) in [6.07, 6.45) is 12.9. The zero-order valence-corrected chi connectivity index (χ0v) is 12.7. The van der Waals surface area contributed by atoms with Gasteiger partial charge >= 0.3 is 28.9 Å². The molecule has 0 amide bonds. The van der Waals surface area contributed by atoms with E-state index >= 15 is 0 Å². The topological polar surface area (TPSA) is 86.8 Å². The average molecular weight is 319 g/mol. The molecule has 0 atom stereocenters. The zero-order chi connectivity index (χ0) is 15.2. The van der Waals surface area contributed by atoms with E-state index in [0.717, 1.165) is 0 Å². The van der Waals surface area contributed by atoms with Crippen molar-refractivity contribution < 1.29 is 33.5 Å². The van der Waals surface area contributed by atoms with Gasteiger partial charge in [0, 0.05) is 12.2 Å². The second-order valence-electron chi connectivity index (χ2n) is 4.07. The maximum atomic E-state index is 8.83. The molecule has 7 heteroatoms. The van der Waals surface area contributed by atoms with Crippen molar-refractivity contribution in [2.75, 3.05) is 14.1 Å². The number of hydrogen-bond donors (Lipinski definition) is 3. The van der Waals surface area contributed by atoms with Crippen LogP contribution in [0.4, 0.5) is 0 Å². The Kier molecular flexibility index (Phi) is 6.41. The van der Waals surface area contributed by atoms with Gasteiger partial charge in [0.05, 0.1) is 0 Å². The molecule has 3 N–H and O–H groups in total. The third-order valence-corrected chi connectivity index (χ3v) is 2.96. The molecule has 0 aromatic carbocycles. The molecule has 0 aromatic heterocycles. The van der Waals surface area contributed by atoms with Gasteiger partial charge in [-0.15, -0.1) is 11.8 Å². The molecular weight excluding hydrogens is 302 g/mol. The first-order valence-corrected chi connectivity index (χ1v) is 7.83. The van der Waals surface area contributed by atoms with E-state index in [-0.39, 0.29) is 0 Å². The third-order valence-electron chi connectivity index (χ3n) is 2.37. The number of allylic oxidation sites excluding steroid dienone is 8. The molecular formula is C13H17ClNO4S+. The van der Waals surface area contributed by atoms with Crippen LogP contribution in [0.25, 0.3) is 0 Å². The number of thioether (sulfide) groups is 1. The molecule has 0 bridgehead atoms. The van der Waals surface area contributed by atoms with E-state index in [4.69, 9.17) is 18.6 Å². The summed E-state index contributed by atoms with van der Waals surface area (Å²) in [4.78, 5) is 0. The predicted molar refractivity (Wildman–Crippen MR) is 74.9 cm³/mol. The van der Waals surface area contributed by atoms with Gasteiger partial charge in [0.1, 0.15) is 14.1 Å². The van der Waals surface area contributed by atoms with Gasteiger partial charge in [-0.3, -0.25) is 0 Å². The molecule has 110 valence electrons. The van der Waals surface area contributed by atoms with E-state index in [0.29, 0.717) is 0 Å². The van der Waals surface area contributed by atoms with Crippen molar-refractivity contribution in [2.24, 2.45) is 0 Å². The van der Waals surface area contributed by atoms with Crippen LogP contribution in [0, 0.1) is 10.2 Å². The Balaban J connectivity index is 0.000000347. The molecule has 1 aliphatic carbocycles. The van der Waals surface area contributed by atoms with Crippen molar-refractivity contribution in [3.8, 4) is 0 Å². The quantitative estimate of drug-likeness (QED) is 0.549. The summed E-state index contributed by atoms with van der Waals surface area (Å²) in [5, 5.41) is 4.21. The SMILES string of the molecule is C[N+](C)=C1C=CC(=C2C=CSC=C2)C=C1.[O-][Cl+](O)(O)O. The van der Waals surface area contributed by atoms with Crippen LogP contribution in [-0.4, -0.2) is 38.4 Å². The minimum absolute atomic E-state index is 1.23. The van der Waals surface area contributed by atoms with E-state index in [1.807, 2.05) is 0 Å². The number of rotatable bonds is 0. The fraction of sp³-hybridized carbons (Fsp3) is 0.154. The molecule has 5 nitrogen and oxygen atoms in total. The number of nitrogens with zero attached hydrogens (tertiary/aromatic N) is 1. The van der Waals surface area contributed by atoms with Crippen molar-refractivity contribution in [3.63, 3.8) is 0 Å². The molecule has 2 aliphatic rings. The van der Waals surface area contributed by atoms with Crippen molar-refractivity contribution in [2.45, 2.75) is 0 Å². The van der Waals surface area contributed by atoms with Gasteiger partial charge in [0.2, 0.25) is 0 Å². The number of hydrogen-bond acceptors (Lipinski definition) is 5. The molecule has 1 aliphatic heterocycles. The standard InChI is InChI=1S/C13H14NS.ClH3O4/c1-14(2)13-5-3-11(4-6-13)12-7-9-15-10-8-12;2-1(3,4)5/h3-10H,1-2H3;2-4H/q+1;. The monoisotopic (exact) mass is 318 g/mol. The van der Waals surface area contributed by atoms with Gasteiger partial charge in [0.25, 0.3) is 0 Å². The van der Waals surface area contributed by atoms with Crippen LogP contribution in [0.1, 0.15) is 0 Å². The Morgan fingerprint density at radius 2 is 1.30 bits per heavy atom. The van der Waals surface area contributed by atoms with Gasteiger partial charge in [-0.2, -0.15) is 0 Å². The second-order valence-corrected chi connectivity index (χ2v) is 5.76. The first-order chi connectivity index (χ1) is 9.27. The van der Waals surface area contributed by atoms with Crippen LogP contribution in [0.5, 0.6) is 0 Å². The molecule has 20 heavy (non-hydrogen) atoms. The zero-order valence-electron chi connectivity index (χ0n) is 11.1. The Hall–Kier alpha value is -1.15. The van der Waals surface area contributed by atoms with E-state index in [1.165, 1.54) is 16.9 Å². The molecule has 0 spiro atoms. The van der Waals surface area contributed by atoms with Crippen molar-refractivity contribution in [1.82, 2.24) is 0 Å². The number of halogens is 1. The van der Waals surface area contributed by atoms with Crippen molar-refractivity contribution >= 4 is 17.5 Å². The maximum absolute atomic E-state index is 8.83. The summed E-state index contributed by atoms with van der Waals surface area (Å²) < 4.78 is 32.3. The van der Waals surface area contributed by atoms with Gasteiger partial charge in [-0.1, -0.05) is 0 Å². The van der Waals surface area contributed by atoms with Crippen LogP contribution in [0.15, 0.2) is 58.4 Å². The molecule has 1 heterocycles. The minimum atomic E-state index is -4.19. The van der Waals surface area contributed by atoms with Crippen LogP contribution in [0.2, 0.25) is 0 Å². The average Bonchev–Trinajstić information content (AvgIpc) is 2.38. The second kappa shape index (κ2) is 7.58. The predicted octanol–water partition coefficient (Wildman–Crippen LogP) is 0.0363. The van der Waals surface area contributed by atoms with E-state index in [9.17, 15) is 0 Å². The summed E-state index contributed by atoms with van der Waals surface area (Å²) in [6.45, 7) is 0. The Morgan fingerprint density at radius 1 is 0.900 bits per heavy atom. The Bertz CT molecular complexity index is 497. The fourth-order valence-corrected chi connectivity index (χ4v) is 2.01. The van der Waals surface area contributed by atoms with E-state index in [1.54, 1.807) is 11.8 Å². The van der Waals surface area contributed by atoms with Gasteiger partial charge in [0.15, 0.2) is 5.71 Å². The summed E-state index contributed by atoms with van der Waals surface area (Å²) in [5.41, 5.74) is 3.78. The fourth-order valence-electron chi connectivity index (χ4n) is 1.47. The molecule has 0 fully saturated rings. The summed E-state index contributed by atoms with van der Waals surface area (Å²) >= 11 is 1.71. The van der Waals surface area contributed by atoms with Gasteiger partial charge < -0.3 is 0 Å². The van der Waals surface area contributed by atoms with E-state index < -0.39 is 10.2 Å². The van der Waals surface area contributed by atoms with Crippen molar-refractivity contribution in [1.29, 1.82) is 0 Å². The van der Waals surface area contributed by atoms with Gasteiger partial charge in [-0.05, 0) is 46.3 Å². The van der Waals surface area contributed by atoms with Crippen LogP contribution < -0.4 is 4.66 Å². The molecule has 2 rings (SSSR count). The normalized spacial score (nSPS) is 18.0. The molecule has 0 saturated carbocycles. The summed E-state index contributed by atoms with van der Waals surface area (Å²) in [6, 6.07) is 0. The molecule has 0 aromatic rings. The summed E-state index contributed by atoms with van der Waals surface area (Å²) in [7, 11) is -0.0849. The molecule has 0 saturated heterocycles. The molecule has 0 radical (unpaired) electrons. The summed E-state index contributed by atoms with van der Waals surface area (Å²) in [5.74, 6) is 0. The van der Waals surface area contributed by atoms with Crippen LogP contribution in [0.3, 0.4) is 0 Å². The third kappa shape index (κ3) is 6.85. The first-order valence-electron chi connectivity index (χ1n) is 5.57. The van der Waals surface area contributed by atoms with Crippen LogP contribution >= 0.6 is 11.8 Å². The van der Waals surface area contributed by atoms with E-state index in [2.05, 4.69) is 65.9 Å².